The van der Waals surface area contributed by atoms with E-state index < -0.39 is 5.54 Å². The van der Waals surface area contributed by atoms with Crippen molar-refractivity contribution in [3.63, 3.8) is 0 Å². The first kappa shape index (κ1) is 21.8. The molecule has 1 aliphatic carbocycles. The Labute approximate surface area is 185 Å². The minimum Gasteiger partial charge on any atom is -0.394 e. The minimum atomic E-state index is -0.412. The number of nitrogens with zero attached hydrogens (tertiary/aromatic N) is 4. The molecule has 1 saturated carbocycles. The van der Waals surface area contributed by atoms with Gasteiger partial charge in [0.05, 0.1) is 18.4 Å². The van der Waals surface area contributed by atoms with Crippen LogP contribution in [-0.4, -0.2) is 54.4 Å². The summed E-state index contributed by atoms with van der Waals surface area (Å²) in [6.07, 6.45) is 4.89. The van der Waals surface area contributed by atoms with Crippen molar-refractivity contribution in [2.75, 3.05) is 17.2 Å². The fourth-order valence-corrected chi connectivity index (χ4v) is 4.25. The molecule has 5 N–H and O–H groups in total. The van der Waals surface area contributed by atoms with Crippen molar-refractivity contribution in [3.05, 3.63) is 30.1 Å². The molecule has 3 aromatic heterocycles. The van der Waals surface area contributed by atoms with Crippen LogP contribution >= 0.6 is 11.3 Å². The third-order valence-corrected chi connectivity index (χ3v) is 6.25. The van der Waals surface area contributed by atoms with Crippen molar-refractivity contribution < 1.29 is 10.2 Å². The Kier molecular flexibility index (Phi) is 6.61. The fraction of sp³-hybridized carbons (Fsp3) is 0.524. The zero-order chi connectivity index (χ0) is 21.8. The van der Waals surface area contributed by atoms with Crippen molar-refractivity contribution in [2.24, 2.45) is 0 Å². The van der Waals surface area contributed by atoms with Gasteiger partial charge in [-0.25, -0.2) is 15.0 Å². The monoisotopic (exact) mass is 443 g/mol. The van der Waals surface area contributed by atoms with E-state index in [9.17, 15) is 10.2 Å². The number of anilines is 3. The first-order valence-electron chi connectivity index (χ1n) is 10.6. The molecule has 0 atom stereocenters. The number of aliphatic hydroxyl groups excluding tert-OH is 2. The standard InChI is InChI=1S/C21H29N7O2S/c1-21(2,12-29)23-11-14-10-17(28-20-26-16-4-3-9-22-18(16)31-20)27-19(25-14)24-13-5-7-15(30)8-6-13/h3-4,9-10,13,15,23,29-30H,5-8,11-12H2,1-2H3,(H2,24,25,26,27,28)/t13-,15-. The Morgan fingerprint density at radius 3 is 2.71 bits per heavy atom. The molecule has 0 aliphatic heterocycles. The maximum atomic E-state index is 9.77. The molecule has 3 heterocycles. The summed E-state index contributed by atoms with van der Waals surface area (Å²) in [6, 6.07) is 5.92. The second-order valence-electron chi connectivity index (χ2n) is 8.59. The lowest BCUT2D eigenvalue weighted by Gasteiger charge is -2.26. The fourth-order valence-electron chi connectivity index (χ4n) is 3.44. The van der Waals surface area contributed by atoms with Crippen LogP contribution in [0.4, 0.5) is 16.9 Å². The summed E-state index contributed by atoms with van der Waals surface area (Å²) in [5.74, 6) is 1.19. The Morgan fingerprint density at radius 1 is 1.16 bits per heavy atom. The third-order valence-electron chi connectivity index (χ3n) is 5.35. The molecule has 4 rings (SSSR count). The average molecular weight is 444 g/mol. The van der Waals surface area contributed by atoms with E-state index in [1.54, 1.807) is 6.20 Å². The van der Waals surface area contributed by atoms with Crippen LogP contribution in [0.15, 0.2) is 24.4 Å². The molecule has 0 saturated heterocycles. The predicted molar refractivity (Wildman–Crippen MR) is 123 cm³/mol. The Morgan fingerprint density at radius 2 is 1.97 bits per heavy atom. The number of fused-ring (bicyclic) bond motifs is 1. The Bertz CT molecular complexity index is 985. The lowest BCUT2D eigenvalue weighted by atomic mass is 9.93. The van der Waals surface area contributed by atoms with Crippen LogP contribution in [0.2, 0.25) is 0 Å². The van der Waals surface area contributed by atoms with E-state index >= 15 is 0 Å². The third kappa shape index (κ3) is 5.85. The van der Waals surface area contributed by atoms with E-state index in [0.717, 1.165) is 41.7 Å². The number of aliphatic hydroxyl groups is 2. The lowest BCUT2D eigenvalue weighted by molar-refractivity contribution is 0.126. The number of thiazole rings is 1. The molecule has 9 nitrogen and oxygen atoms in total. The largest absolute Gasteiger partial charge is 0.394 e. The topological polar surface area (TPSA) is 128 Å². The molecule has 0 radical (unpaired) electrons. The van der Waals surface area contributed by atoms with E-state index in [-0.39, 0.29) is 18.8 Å². The summed E-state index contributed by atoms with van der Waals surface area (Å²) in [7, 11) is 0. The molecule has 31 heavy (non-hydrogen) atoms. The van der Waals surface area contributed by atoms with Gasteiger partial charge in [0, 0.05) is 30.4 Å². The van der Waals surface area contributed by atoms with E-state index in [2.05, 4.69) is 35.9 Å². The van der Waals surface area contributed by atoms with Crippen LogP contribution in [0.5, 0.6) is 0 Å². The number of aromatic nitrogens is 4. The summed E-state index contributed by atoms with van der Waals surface area (Å²) >= 11 is 1.47. The number of hydrogen-bond acceptors (Lipinski definition) is 10. The van der Waals surface area contributed by atoms with Crippen LogP contribution < -0.4 is 16.0 Å². The second kappa shape index (κ2) is 9.39. The highest BCUT2D eigenvalue weighted by atomic mass is 32.1. The Hall–Kier alpha value is -2.40. The van der Waals surface area contributed by atoms with Crippen LogP contribution in [0.3, 0.4) is 0 Å². The summed E-state index contributed by atoms with van der Waals surface area (Å²) in [6.45, 7) is 4.39. The van der Waals surface area contributed by atoms with E-state index in [1.165, 1.54) is 11.3 Å². The van der Waals surface area contributed by atoms with E-state index in [0.29, 0.717) is 23.4 Å². The van der Waals surface area contributed by atoms with Crippen molar-refractivity contribution in [2.45, 2.75) is 63.8 Å². The van der Waals surface area contributed by atoms with Crippen LogP contribution in [0.1, 0.15) is 45.2 Å². The first-order chi connectivity index (χ1) is 14.9. The van der Waals surface area contributed by atoms with Crippen LogP contribution in [0.25, 0.3) is 10.3 Å². The number of nitrogens with one attached hydrogen (secondary N) is 3. The van der Waals surface area contributed by atoms with Gasteiger partial charge in [0.1, 0.15) is 16.2 Å². The van der Waals surface area contributed by atoms with Crippen LogP contribution in [0, 0.1) is 0 Å². The maximum Gasteiger partial charge on any atom is 0.225 e. The molecule has 0 amide bonds. The van der Waals surface area contributed by atoms with Gasteiger partial charge in [-0.15, -0.1) is 0 Å². The van der Waals surface area contributed by atoms with Crippen LogP contribution in [-0.2, 0) is 6.54 Å². The summed E-state index contributed by atoms with van der Waals surface area (Å²) in [5.41, 5.74) is 1.23. The number of rotatable bonds is 8. The Balaban J connectivity index is 1.55. The minimum absolute atomic E-state index is 0.0252. The SMILES string of the molecule is CC(C)(CO)NCc1cc(Nc2nc3cccnc3s2)nc(N[C@H]2CC[C@H](O)CC2)n1. The number of pyridine rings is 1. The van der Waals surface area contributed by atoms with Gasteiger partial charge in [-0.05, 0) is 51.7 Å². The molecular weight excluding hydrogens is 414 g/mol. The van der Waals surface area contributed by atoms with Gasteiger partial charge in [-0.1, -0.05) is 11.3 Å². The van der Waals surface area contributed by atoms with Gasteiger partial charge in [0.2, 0.25) is 5.95 Å². The molecule has 0 aromatic carbocycles. The molecule has 0 bridgehead atoms. The highest BCUT2D eigenvalue weighted by Crippen LogP contribution is 2.27. The highest BCUT2D eigenvalue weighted by molar-refractivity contribution is 7.21. The van der Waals surface area contributed by atoms with Gasteiger partial charge >= 0.3 is 0 Å². The van der Waals surface area contributed by atoms with Crippen molar-refractivity contribution >= 4 is 38.6 Å². The van der Waals surface area contributed by atoms with Gasteiger partial charge in [0.15, 0.2) is 5.13 Å². The molecule has 0 unspecified atom stereocenters. The van der Waals surface area contributed by atoms with Crippen molar-refractivity contribution in [1.82, 2.24) is 25.3 Å². The lowest BCUT2D eigenvalue weighted by Crippen LogP contribution is -2.42. The van der Waals surface area contributed by atoms with Gasteiger partial charge < -0.3 is 26.2 Å². The molecule has 1 aliphatic rings. The average Bonchev–Trinajstić information content (AvgIpc) is 3.16. The molecule has 166 valence electrons. The normalized spacial score (nSPS) is 19.5. The van der Waals surface area contributed by atoms with E-state index in [1.807, 2.05) is 32.0 Å². The number of hydrogen-bond donors (Lipinski definition) is 5. The zero-order valence-corrected chi connectivity index (χ0v) is 18.6. The van der Waals surface area contributed by atoms with Gasteiger partial charge in [0.25, 0.3) is 0 Å². The van der Waals surface area contributed by atoms with Gasteiger partial charge in [-0.3, -0.25) is 0 Å². The van der Waals surface area contributed by atoms with E-state index in [4.69, 9.17) is 0 Å². The highest BCUT2D eigenvalue weighted by Gasteiger charge is 2.21. The smallest absolute Gasteiger partial charge is 0.225 e. The van der Waals surface area contributed by atoms with Crippen molar-refractivity contribution in [1.29, 1.82) is 0 Å². The quantitative estimate of drug-likeness (QED) is 0.357. The molecule has 3 aromatic rings. The van der Waals surface area contributed by atoms with Crippen molar-refractivity contribution in [3.8, 4) is 0 Å². The molecule has 10 heteroatoms. The summed E-state index contributed by atoms with van der Waals surface area (Å²) in [4.78, 5) is 19.1. The second-order valence-corrected chi connectivity index (χ2v) is 9.56. The first-order valence-corrected chi connectivity index (χ1v) is 11.4. The zero-order valence-electron chi connectivity index (χ0n) is 17.8. The predicted octanol–water partition coefficient (Wildman–Crippen LogP) is 2.80. The van der Waals surface area contributed by atoms with Gasteiger partial charge in [-0.2, -0.15) is 4.98 Å². The molecule has 0 spiro atoms. The summed E-state index contributed by atoms with van der Waals surface area (Å²) in [5, 5.41) is 30.0. The molecular formula is C21H29N7O2S. The maximum absolute atomic E-state index is 9.77. The molecule has 1 fully saturated rings. The summed E-state index contributed by atoms with van der Waals surface area (Å²) < 4.78 is 0.